The van der Waals surface area contributed by atoms with Crippen LogP contribution in [0.4, 0.5) is 4.79 Å². The van der Waals surface area contributed by atoms with Gasteiger partial charge < -0.3 is 19.2 Å². The maximum atomic E-state index is 12.8. The molecule has 3 heterocycles. The Kier molecular flexibility index (Phi) is 13.6. The lowest BCUT2D eigenvalue weighted by atomic mass is 9.82. The molecule has 0 saturated heterocycles. The van der Waals surface area contributed by atoms with Gasteiger partial charge in [-0.05, 0) is 60.9 Å². The number of unbranched alkanes of at least 4 members (excludes halogenated alkanes) is 1. The first-order valence-electron chi connectivity index (χ1n) is 14.9. The van der Waals surface area contributed by atoms with Gasteiger partial charge in [0.25, 0.3) is 0 Å². The van der Waals surface area contributed by atoms with Crippen molar-refractivity contribution in [3.63, 3.8) is 0 Å². The summed E-state index contributed by atoms with van der Waals surface area (Å²) < 4.78 is 13.7. The van der Waals surface area contributed by atoms with Gasteiger partial charge in [0.1, 0.15) is 30.8 Å². The van der Waals surface area contributed by atoms with Crippen LogP contribution >= 0.6 is 11.6 Å². The predicted molar refractivity (Wildman–Crippen MR) is 171 cm³/mol. The number of hydrogen-bond donors (Lipinski definition) is 1. The van der Waals surface area contributed by atoms with E-state index in [9.17, 15) is 14.7 Å². The van der Waals surface area contributed by atoms with Crippen LogP contribution < -0.4 is 0 Å². The lowest BCUT2D eigenvalue weighted by Crippen LogP contribution is -2.46. The molecule has 0 spiro atoms. The molecule has 4 aromatic rings. The Morgan fingerprint density at radius 1 is 1.18 bits per heavy atom. The number of benzene rings is 1. The molecule has 1 aromatic carbocycles. The Labute approximate surface area is 269 Å². The van der Waals surface area contributed by atoms with E-state index < -0.39 is 18.1 Å². The molecular formula is C33H43ClN6O5. The van der Waals surface area contributed by atoms with Crippen molar-refractivity contribution in [3.8, 4) is 0 Å². The van der Waals surface area contributed by atoms with Crippen molar-refractivity contribution < 1.29 is 23.8 Å². The number of nitrogens with zero attached hydrogens (tertiary/aromatic N) is 6. The van der Waals surface area contributed by atoms with Crippen molar-refractivity contribution in [2.24, 2.45) is 5.41 Å². The zero-order valence-electron chi connectivity index (χ0n) is 26.3. The van der Waals surface area contributed by atoms with Crippen molar-refractivity contribution in [2.75, 3.05) is 6.61 Å². The van der Waals surface area contributed by atoms with E-state index in [1.54, 1.807) is 35.4 Å². The van der Waals surface area contributed by atoms with Crippen LogP contribution in [0.5, 0.6) is 0 Å². The van der Waals surface area contributed by atoms with E-state index in [1.165, 1.54) is 34.6 Å². The van der Waals surface area contributed by atoms with Gasteiger partial charge in [-0.2, -0.15) is 5.10 Å². The van der Waals surface area contributed by atoms with Gasteiger partial charge in [0.15, 0.2) is 0 Å². The fraction of sp³-hybridized carbons (Fsp3) is 0.424. The van der Waals surface area contributed by atoms with Gasteiger partial charge in [-0.15, -0.1) is 6.58 Å². The third-order valence-electron chi connectivity index (χ3n) is 7.10. The number of carbonyl (C=O) groups is 2. The van der Waals surface area contributed by atoms with Crippen LogP contribution in [-0.4, -0.2) is 65.1 Å². The molecule has 3 atom stereocenters. The summed E-state index contributed by atoms with van der Waals surface area (Å²) >= 11 is 5.91. The Bertz CT molecular complexity index is 1420. The van der Waals surface area contributed by atoms with Crippen molar-refractivity contribution >= 4 is 23.6 Å². The summed E-state index contributed by atoms with van der Waals surface area (Å²) in [6.07, 6.45) is 13.0. The van der Waals surface area contributed by atoms with Gasteiger partial charge in [0, 0.05) is 17.4 Å². The number of carbonyl (C=O) groups excluding carboxylic acids is 2. The molecule has 45 heavy (non-hydrogen) atoms. The summed E-state index contributed by atoms with van der Waals surface area (Å²) in [6.45, 7) is 12.0. The standard InChI is InChI=1S/C18H23N3O4.C15H20ClN3O/c1-3-5-6-11-25-17(22)16(4-2)21(13-15-8-7-12-24-15)18(23)20-10-9-19-14-20;1-15(2,3)14(20)13(19-10-17-9-18-19)8-11-4-6-12(16)7-5-11/h3,7-10,12,14,16H,1,4-6,11,13H2,2H3;4-7,9-10,13-14,20H,8H2,1-3H3/t;13-,14+/m.0/s1. The second-order valence-electron chi connectivity index (χ2n) is 11.6. The smallest absolute Gasteiger partial charge is 0.330 e. The molecule has 0 aliphatic carbocycles. The van der Waals surface area contributed by atoms with Gasteiger partial charge in [-0.1, -0.05) is 57.5 Å². The number of rotatable bonds is 13. The lowest BCUT2D eigenvalue weighted by Gasteiger charge is -2.33. The number of aromatic nitrogens is 5. The first kappa shape index (κ1) is 35.3. The quantitative estimate of drug-likeness (QED) is 0.102. The molecule has 4 rings (SSSR count). The van der Waals surface area contributed by atoms with E-state index >= 15 is 0 Å². The molecule has 12 heteroatoms. The van der Waals surface area contributed by atoms with E-state index in [1.807, 2.05) is 52.0 Å². The number of allylic oxidation sites excluding steroid dienone is 1. The van der Waals surface area contributed by atoms with Gasteiger partial charge in [0.2, 0.25) is 0 Å². The maximum Gasteiger partial charge on any atom is 0.330 e. The van der Waals surface area contributed by atoms with E-state index in [0.29, 0.717) is 36.7 Å². The first-order valence-corrected chi connectivity index (χ1v) is 15.3. The Balaban J connectivity index is 0.000000251. The zero-order valence-corrected chi connectivity index (χ0v) is 27.1. The van der Waals surface area contributed by atoms with E-state index in [0.717, 1.165) is 12.0 Å². The van der Waals surface area contributed by atoms with Crippen LogP contribution in [0.15, 0.2) is 91.1 Å². The number of furan rings is 1. The Hall–Kier alpha value is -4.22. The molecule has 242 valence electrons. The Morgan fingerprint density at radius 2 is 1.93 bits per heavy atom. The molecule has 0 saturated carbocycles. The average molecular weight is 639 g/mol. The lowest BCUT2D eigenvalue weighted by molar-refractivity contribution is -0.149. The van der Waals surface area contributed by atoms with Crippen LogP contribution in [0, 0.1) is 5.41 Å². The molecule has 0 aliphatic heterocycles. The van der Waals surface area contributed by atoms with E-state index in [4.69, 9.17) is 20.8 Å². The number of halogens is 1. The molecule has 11 nitrogen and oxygen atoms in total. The largest absolute Gasteiger partial charge is 0.467 e. The third kappa shape index (κ3) is 10.7. The molecule has 0 radical (unpaired) electrons. The number of ether oxygens (including phenoxy) is 1. The fourth-order valence-electron chi connectivity index (χ4n) is 4.59. The molecular weight excluding hydrogens is 596 g/mol. The van der Waals surface area contributed by atoms with Gasteiger partial charge >= 0.3 is 12.0 Å². The maximum absolute atomic E-state index is 12.8. The van der Waals surface area contributed by atoms with Crippen LogP contribution in [0.1, 0.15) is 64.3 Å². The highest BCUT2D eigenvalue weighted by atomic mass is 35.5. The van der Waals surface area contributed by atoms with Crippen molar-refractivity contribution in [2.45, 2.75) is 78.1 Å². The highest BCUT2D eigenvalue weighted by Crippen LogP contribution is 2.30. The SMILES string of the molecule is C=CCCCOC(=O)C(CC)N(Cc1ccco1)C(=O)n1ccnc1.CC(C)(C)[C@H](O)[C@H](Cc1ccc(Cl)cc1)n1cncn1. The summed E-state index contributed by atoms with van der Waals surface area (Å²) in [6, 6.07) is 9.95. The van der Waals surface area contributed by atoms with Crippen LogP contribution in [0.25, 0.3) is 0 Å². The minimum Gasteiger partial charge on any atom is -0.467 e. The zero-order chi connectivity index (χ0) is 32.8. The minimum atomic E-state index is -0.705. The highest BCUT2D eigenvalue weighted by Gasteiger charge is 2.33. The minimum absolute atomic E-state index is 0.154. The monoisotopic (exact) mass is 638 g/mol. The summed E-state index contributed by atoms with van der Waals surface area (Å²) in [4.78, 5) is 34.6. The van der Waals surface area contributed by atoms with Gasteiger partial charge in [-0.25, -0.2) is 24.2 Å². The fourth-order valence-corrected chi connectivity index (χ4v) is 4.72. The van der Waals surface area contributed by atoms with E-state index in [-0.39, 0.29) is 24.0 Å². The molecule has 0 fully saturated rings. The summed E-state index contributed by atoms with van der Waals surface area (Å²) in [5, 5.41) is 15.5. The first-order chi connectivity index (χ1) is 21.5. The second kappa shape index (κ2) is 17.3. The summed E-state index contributed by atoms with van der Waals surface area (Å²) in [7, 11) is 0. The van der Waals surface area contributed by atoms with E-state index in [2.05, 4.69) is 21.6 Å². The molecule has 0 bridgehead atoms. The highest BCUT2D eigenvalue weighted by molar-refractivity contribution is 6.30. The molecule has 1 unspecified atom stereocenters. The normalized spacial score (nSPS) is 13.2. The van der Waals surface area contributed by atoms with Crippen molar-refractivity contribution in [1.29, 1.82) is 0 Å². The molecule has 0 aliphatic rings. The molecule has 3 aromatic heterocycles. The van der Waals surface area contributed by atoms with Crippen molar-refractivity contribution in [3.05, 3.63) is 103 Å². The number of imidazole rings is 1. The number of esters is 1. The summed E-state index contributed by atoms with van der Waals surface area (Å²) in [5.41, 5.74) is 0.876. The average Bonchev–Trinajstić information content (AvgIpc) is 3.83. The summed E-state index contributed by atoms with van der Waals surface area (Å²) in [5.74, 6) is 0.165. The topological polar surface area (TPSA) is 129 Å². The number of aliphatic hydroxyl groups is 1. The second-order valence-corrected chi connectivity index (χ2v) is 12.0. The van der Waals surface area contributed by atoms with Crippen molar-refractivity contribution in [1.82, 2.24) is 29.2 Å². The third-order valence-corrected chi connectivity index (χ3v) is 7.35. The molecule has 1 N–H and O–H groups in total. The van der Waals surface area contributed by atoms with Gasteiger partial charge in [-0.3, -0.25) is 4.57 Å². The number of aliphatic hydroxyl groups excluding tert-OH is 1. The molecule has 1 amide bonds. The predicted octanol–water partition coefficient (Wildman–Crippen LogP) is 6.36. The Morgan fingerprint density at radius 3 is 2.49 bits per heavy atom. The number of amides is 1. The van der Waals surface area contributed by atoms with Crippen LogP contribution in [0.3, 0.4) is 0 Å². The number of hydrogen-bond acceptors (Lipinski definition) is 8. The van der Waals surface area contributed by atoms with Crippen LogP contribution in [0.2, 0.25) is 5.02 Å². The van der Waals surface area contributed by atoms with Gasteiger partial charge in [0.05, 0.1) is 31.6 Å². The van der Waals surface area contributed by atoms with Crippen LogP contribution in [-0.2, 0) is 22.5 Å².